The fourth-order valence-corrected chi connectivity index (χ4v) is 4.08. The zero-order valence-corrected chi connectivity index (χ0v) is 13.8. The Bertz CT molecular complexity index is 559. The molecular formula is C15H19IN2O2. The van der Waals surface area contributed by atoms with E-state index in [1.807, 2.05) is 4.90 Å². The molecule has 2 aliphatic heterocycles. The van der Waals surface area contributed by atoms with Crippen molar-refractivity contribution in [3.8, 4) is 5.75 Å². The van der Waals surface area contributed by atoms with Gasteiger partial charge in [-0.1, -0.05) is 0 Å². The largest absolute Gasteiger partial charge is 0.507 e. The van der Waals surface area contributed by atoms with Crippen molar-refractivity contribution >= 4 is 28.5 Å². The van der Waals surface area contributed by atoms with Crippen LogP contribution in [0.5, 0.6) is 5.75 Å². The Labute approximate surface area is 132 Å². The van der Waals surface area contributed by atoms with Crippen LogP contribution in [-0.4, -0.2) is 41.1 Å². The summed E-state index contributed by atoms with van der Waals surface area (Å²) in [7, 11) is 0. The number of nitrogens with one attached hydrogen (secondary N) is 1. The first-order valence-corrected chi connectivity index (χ1v) is 8.00. The molecule has 1 amide bonds. The number of aromatic hydroxyl groups is 1. The number of carbonyl (C=O) groups is 1. The van der Waals surface area contributed by atoms with Gasteiger partial charge in [0.25, 0.3) is 5.91 Å². The van der Waals surface area contributed by atoms with Gasteiger partial charge in [0, 0.05) is 28.7 Å². The highest BCUT2D eigenvalue weighted by atomic mass is 127. The molecule has 2 saturated heterocycles. The highest BCUT2D eigenvalue weighted by Gasteiger charge is 2.51. The van der Waals surface area contributed by atoms with Gasteiger partial charge in [0.05, 0.1) is 5.56 Å². The van der Waals surface area contributed by atoms with Gasteiger partial charge < -0.3 is 15.3 Å². The number of fused-ring (bicyclic) bond motifs is 1. The Morgan fingerprint density at radius 2 is 2.20 bits per heavy atom. The third-order valence-electron chi connectivity index (χ3n) is 4.79. The van der Waals surface area contributed by atoms with Crippen LogP contribution in [0.4, 0.5) is 0 Å². The molecule has 20 heavy (non-hydrogen) atoms. The molecule has 0 saturated carbocycles. The van der Waals surface area contributed by atoms with Crippen LogP contribution in [0.15, 0.2) is 18.2 Å². The van der Waals surface area contributed by atoms with E-state index in [1.165, 1.54) is 0 Å². The first-order chi connectivity index (χ1) is 9.41. The quantitative estimate of drug-likeness (QED) is 0.727. The van der Waals surface area contributed by atoms with Crippen molar-refractivity contribution in [2.75, 3.05) is 19.6 Å². The average Bonchev–Trinajstić information content (AvgIpc) is 2.94. The van der Waals surface area contributed by atoms with E-state index in [0.717, 1.165) is 23.2 Å². The molecule has 4 nitrogen and oxygen atoms in total. The highest BCUT2D eigenvalue weighted by Crippen LogP contribution is 2.41. The first kappa shape index (κ1) is 14.1. The van der Waals surface area contributed by atoms with Crippen LogP contribution in [0, 0.1) is 15.4 Å². The molecule has 2 atom stereocenters. The number of nitrogens with zero attached hydrogens (tertiary/aromatic N) is 1. The predicted octanol–water partition coefficient (Wildman–Crippen LogP) is 2.07. The van der Waals surface area contributed by atoms with Crippen LogP contribution < -0.4 is 5.32 Å². The average molecular weight is 386 g/mol. The Morgan fingerprint density at radius 1 is 1.45 bits per heavy atom. The Balaban J connectivity index is 1.93. The monoisotopic (exact) mass is 386 g/mol. The van der Waals surface area contributed by atoms with Crippen LogP contribution in [0.2, 0.25) is 0 Å². The summed E-state index contributed by atoms with van der Waals surface area (Å²) in [4.78, 5) is 14.7. The molecule has 1 aromatic carbocycles. The van der Waals surface area contributed by atoms with Gasteiger partial charge in [-0.2, -0.15) is 0 Å². The lowest BCUT2D eigenvalue weighted by Gasteiger charge is -2.35. The zero-order valence-electron chi connectivity index (χ0n) is 11.7. The maximum absolute atomic E-state index is 12.8. The van der Waals surface area contributed by atoms with Crippen LogP contribution in [0.25, 0.3) is 0 Å². The number of hydrogen-bond donors (Lipinski definition) is 2. The fraction of sp³-hybridized carbons (Fsp3) is 0.533. The van der Waals surface area contributed by atoms with Crippen molar-refractivity contribution < 1.29 is 9.90 Å². The number of phenolic OH excluding ortho intramolecular Hbond substituents is 1. The molecule has 2 N–H and O–H groups in total. The maximum atomic E-state index is 12.8. The number of benzene rings is 1. The first-order valence-electron chi connectivity index (χ1n) is 6.92. The molecule has 2 fully saturated rings. The van der Waals surface area contributed by atoms with E-state index in [2.05, 4.69) is 41.8 Å². The molecule has 2 heterocycles. The van der Waals surface area contributed by atoms with E-state index < -0.39 is 0 Å². The second kappa shape index (κ2) is 4.87. The number of carbonyl (C=O) groups excluding carboxylic acids is 1. The van der Waals surface area contributed by atoms with Gasteiger partial charge in [0.2, 0.25) is 0 Å². The molecule has 0 aliphatic carbocycles. The molecule has 0 radical (unpaired) electrons. The zero-order chi connectivity index (χ0) is 14.5. The van der Waals surface area contributed by atoms with Crippen molar-refractivity contribution in [1.29, 1.82) is 0 Å². The van der Waals surface area contributed by atoms with Crippen molar-refractivity contribution in [2.24, 2.45) is 11.8 Å². The van der Waals surface area contributed by atoms with Crippen LogP contribution in [-0.2, 0) is 0 Å². The summed E-state index contributed by atoms with van der Waals surface area (Å²) >= 11 is 2.16. The summed E-state index contributed by atoms with van der Waals surface area (Å²) in [5, 5.41) is 13.4. The van der Waals surface area contributed by atoms with Crippen molar-refractivity contribution in [3.05, 3.63) is 27.3 Å². The van der Waals surface area contributed by atoms with Gasteiger partial charge in [-0.25, -0.2) is 0 Å². The third kappa shape index (κ3) is 2.11. The van der Waals surface area contributed by atoms with Crippen LogP contribution in [0.3, 0.4) is 0 Å². The number of halogens is 1. The number of amides is 1. The minimum atomic E-state index is -0.168. The molecule has 0 aromatic heterocycles. The molecule has 0 bridgehead atoms. The SMILES string of the molecule is CC1(C)C2CNCC2CN1C(=O)c1cc(I)ccc1O. The summed E-state index contributed by atoms with van der Waals surface area (Å²) in [6.07, 6.45) is 0. The molecule has 108 valence electrons. The van der Waals surface area contributed by atoms with E-state index in [0.29, 0.717) is 17.4 Å². The fourth-order valence-electron chi connectivity index (χ4n) is 3.59. The molecule has 2 unspecified atom stereocenters. The second-order valence-corrected chi connectivity index (χ2v) is 7.50. The third-order valence-corrected chi connectivity index (χ3v) is 5.47. The van der Waals surface area contributed by atoms with Gasteiger partial charge in [-0.15, -0.1) is 0 Å². The molecular weight excluding hydrogens is 367 g/mol. The number of likely N-dealkylation sites (tertiary alicyclic amines) is 1. The minimum Gasteiger partial charge on any atom is -0.507 e. The van der Waals surface area contributed by atoms with E-state index in [1.54, 1.807) is 18.2 Å². The van der Waals surface area contributed by atoms with E-state index >= 15 is 0 Å². The lowest BCUT2D eigenvalue weighted by Crippen LogP contribution is -2.47. The summed E-state index contributed by atoms with van der Waals surface area (Å²) in [5.74, 6) is 1.04. The van der Waals surface area contributed by atoms with E-state index in [-0.39, 0.29) is 17.2 Å². The minimum absolute atomic E-state index is 0.0552. The Kier molecular flexibility index (Phi) is 3.44. The number of rotatable bonds is 1. The highest BCUT2D eigenvalue weighted by molar-refractivity contribution is 14.1. The molecule has 0 spiro atoms. The van der Waals surface area contributed by atoms with Crippen LogP contribution >= 0.6 is 22.6 Å². The molecule has 2 aliphatic rings. The lowest BCUT2D eigenvalue weighted by molar-refractivity contribution is 0.0600. The summed E-state index contributed by atoms with van der Waals surface area (Å²) < 4.78 is 0.961. The smallest absolute Gasteiger partial charge is 0.258 e. The maximum Gasteiger partial charge on any atom is 0.258 e. The summed E-state index contributed by atoms with van der Waals surface area (Å²) in [6, 6.07) is 5.17. The van der Waals surface area contributed by atoms with Crippen molar-refractivity contribution in [1.82, 2.24) is 10.2 Å². The Hall–Kier alpha value is -0.820. The van der Waals surface area contributed by atoms with Gasteiger partial charge in [-0.05, 0) is 66.5 Å². The topological polar surface area (TPSA) is 52.6 Å². The van der Waals surface area contributed by atoms with Gasteiger partial charge in [0.1, 0.15) is 5.75 Å². The van der Waals surface area contributed by atoms with E-state index in [9.17, 15) is 9.90 Å². The van der Waals surface area contributed by atoms with Crippen LogP contribution in [0.1, 0.15) is 24.2 Å². The lowest BCUT2D eigenvalue weighted by atomic mass is 9.84. The second-order valence-electron chi connectivity index (χ2n) is 6.26. The van der Waals surface area contributed by atoms with Gasteiger partial charge in [0.15, 0.2) is 0 Å². The number of phenols is 1. The normalized spacial score (nSPS) is 27.6. The molecule has 3 rings (SSSR count). The van der Waals surface area contributed by atoms with E-state index in [4.69, 9.17) is 0 Å². The summed E-state index contributed by atoms with van der Waals surface area (Å²) in [5.41, 5.74) is 0.247. The molecule has 5 heteroatoms. The number of hydrogen-bond acceptors (Lipinski definition) is 3. The molecule has 1 aromatic rings. The van der Waals surface area contributed by atoms with Gasteiger partial charge >= 0.3 is 0 Å². The predicted molar refractivity (Wildman–Crippen MR) is 85.8 cm³/mol. The standard InChI is InChI=1S/C15H19IN2O2/c1-15(2)12-7-17-6-9(12)8-18(15)14(20)11-5-10(16)3-4-13(11)19/h3-5,9,12,17,19H,6-8H2,1-2H3. The van der Waals surface area contributed by atoms with Crippen molar-refractivity contribution in [3.63, 3.8) is 0 Å². The van der Waals surface area contributed by atoms with Gasteiger partial charge in [-0.3, -0.25) is 4.79 Å². The summed E-state index contributed by atoms with van der Waals surface area (Å²) in [6.45, 7) is 6.99. The Morgan fingerprint density at radius 3 is 2.90 bits per heavy atom. The van der Waals surface area contributed by atoms with Crippen molar-refractivity contribution in [2.45, 2.75) is 19.4 Å².